The second-order valence-electron chi connectivity index (χ2n) is 5.44. The van der Waals surface area contributed by atoms with Crippen LogP contribution in [0.25, 0.3) is 0 Å². The predicted molar refractivity (Wildman–Crippen MR) is 79.4 cm³/mol. The van der Waals surface area contributed by atoms with Gasteiger partial charge in [0.25, 0.3) is 0 Å². The summed E-state index contributed by atoms with van der Waals surface area (Å²) in [4.78, 5) is 0.668. The zero-order chi connectivity index (χ0) is 14.2. The third kappa shape index (κ3) is 2.72. The smallest absolute Gasteiger partial charge is 0.0948 e. The molecule has 1 spiro atoms. The van der Waals surface area contributed by atoms with Gasteiger partial charge in [-0.15, -0.1) is 0 Å². The number of ether oxygens (including phenoxy) is 2. The molecule has 3 unspecified atom stereocenters. The van der Waals surface area contributed by atoms with Crippen molar-refractivity contribution in [1.82, 2.24) is 0 Å². The predicted octanol–water partition coefficient (Wildman–Crippen LogP) is 2.37. The molecule has 0 radical (unpaired) electrons. The summed E-state index contributed by atoms with van der Waals surface area (Å²) < 4.78 is 24.1. The van der Waals surface area contributed by atoms with Crippen molar-refractivity contribution in [3.63, 3.8) is 0 Å². The van der Waals surface area contributed by atoms with Gasteiger partial charge < -0.3 is 15.2 Å². The van der Waals surface area contributed by atoms with Crippen molar-refractivity contribution >= 4 is 28.1 Å². The van der Waals surface area contributed by atoms with Crippen molar-refractivity contribution in [3.8, 4) is 0 Å². The first-order valence-corrected chi connectivity index (χ1v) is 8.36. The summed E-state index contributed by atoms with van der Waals surface area (Å²) in [6.45, 7) is 1.96. The van der Waals surface area contributed by atoms with Gasteiger partial charge in [0.15, 0.2) is 0 Å². The SMILES string of the molecule is Nc1ccc(S(=O)C2CCOC3(CCOC3)C2)c(Cl)c1. The van der Waals surface area contributed by atoms with E-state index in [1.807, 2.05) is 0 Å². The standard InChI is InChI=1S/C14H18ClNO3S/c15-12-7-10(16)1-2-13(12)20(17)11-3-5-19-14(8-11)4-6-18-9-14/h1-2,7,11H,3-6,8-9,16H2. The Bertz CT molecular complexity index is 531. The maximum atomic E-state index is 12.8. The van der Waals surface area contributed by atoms with Gasteiger partial charge in [-0.25, -0.2) is 0 Å². The Morgan fingerprint density at radius 1 is 1.40 bits per heavy atom. The number of hydrogen-bond acceptors (Lipinski definition) is 4. The van der Waals surface area contributed by atoms with Crippen LogP contribution in [0.4, 0.5) is 5.69 Å². The van der Waals surface area contributed by atoms with Crippen LogP contribution in [0.2, 0.25) is 5.02 Å². The fourth-order valence-corrected chi connectivity index (χ4v) is 4.88. The van der Waals surface area contributed by atoms with E-state index in [4.69, 9.17) is 26.8 Å². The van der Waals surface area contributed by atoms with Crippen molar-refractivity contribution in [3.05, 3.63) is 23.2 Å². The van der Waals surface area contributed by atoms with Crippen LogP contribution in [0.3, 0.4) is 0 Å². The van der Waals surface area contributed by atoms with E-state index in [1.54, 1.807) is 18.2 Å². The van der Waals surface area contributed by atoms with Gasteiger partial charge in [-0.05, 0) is 31.0 Å². The van der Waals surface area contributed by atoms with Crippen LogP contribution in [-0.4, -0.2) is 34.9 Å². The minimum Gasteiger partial charge on any atom is -0.399 e. The molecule has 3 rings (SSSR count). The maximum absolute atomic E-state index is 12.8. The van der Waals surface area contributed by atoms with E-state index in [-0.39, 0.29) is 10.9 Å². The van der Waals surface area contributed by atoms with Crippen molar-refractivity contribution in [1.29, 1.82) is 0 Å². The number of benzene rings is 1. The van der Waals surface area contributed by atoms with Crippen LogP contribution < -0.4 is 5.73 Å². The monoisotopic (exact) mass is 315 g/mol. The molecule has 3 atom stereocenters. The summed E-state index contributed by atoms with van der Waals surface area (Å²) in [5.74, 6) is 0. The number of rotatable bonds is 2. The molecule has 0 saturated carbocycles. The molecule has 110 valence electrons. The molecule has 0 bridgehead atoms. The minimum atomic E-state index is -1.13. The molecular weight excluding hydrogens is 298 g/mol. The highest BCUT2D eigenvalue weighted by atomic mass is 35.5. The number of anilines is 1. The quantitative estimate of drug-likeness (QED) is 0.851. The molecule has 2 saturated heterocycles. The van der Waals surface area contributed by atoms with E-state index in [0.717, 1.165) is 25.9 Å². The van der Waals surface area contributed by atoms with Crippen LogP contribution in [0.1, 0.15) is 19.3 Å². The Morgan fingerprint density at radius 3 is 2.95 bits per heavy atom. The molecular formula is C14H18ClNO3S. The van der Waals surface area contributed by atoms with Gasteiger partial charge in [0.2, 0.25) is 0 Å². The van der Waals surface area contributed by atoms with E-state index in [0.29, 0.717) is 28.8 Å². The zero-order valence-electron chi connectivity index (χ0n) is 11.1. The zero-order valence-corrected chi connectivity index (χ0v) is 12.7. The van der Waals surface area contributed by atoms with Gasteiger partial charge in [0.05, 0.1) is 32.9 Å². The highest BCUT2D eigenvalue weighted by Gasteiger charge is 2.43. The lowest BCUT2D eigenvalue weighted by Gasteiger charge is -2.36. The lowest BCUT2D eigenvalue weighted by Crippen LogP contribution is -2.43. The molecule has 2 fully saturated rings. The largest absolute Gasteiger partial charge is 0.399 e. The molecule has 0 aromatic heterocycles. The van der Waals surface area contributed by atoms with E-state index < -0.39 is 10.8 Å². The summed E-state index contributed by atoms with van der Waals surface area (Å²) in [7, 11) is -1.13. The first-order chi connectivity index (χ1) is 9.60. The van der Waals surface area contributed by atoms with Gasteiger partial charge in [0, 0.05) is 30.6 Å². The van der Waals surface area contributed by atoms with Crippen LogP contribution in [0.5, 0.6) is 0 Å². The lowest BCUT2D eigenvalue weighted by atomic mass is 9.93. The number of hydrogen-bond donors (Lipinski definition) is 1. The van der Waals surface area contributed by atoms with Crippen LogP contribution in [-0.2, 0) is 20.3 Å². The fourth-order valence-electron chi connectivity index (χ4n) is 2.89. The van der Waals surface area contributed by atoms with Crippen molar-refractivity contribution < 1.29 is 13.7 Å². The highest BCUT2D eigenvalue weighted by Crippen LogP contribution is 2.37. The molecule has 2 heterocycles. The molecule has 2 N–H and O–H groups in total. The Labute approximate surface area is 126 Å². The minimum absolute atomic E-state index is 0.0616. The fraction of sp³-hybridized carbons (Fsp3) is 0.571. The van der Waals surface area contributed by atoms with Gasteiger partial charge in [-0.1, -0.05) is 11.6 Å². The van der Waals surface area contributed by atoms with E-state index in [9.17, 15) is 4.21 Å². The number of nitrogens with two attached hydrogens (primary N) is 1. The molecule has 2 aliphatic heterocycles. The number of halogens is 1. The molecule has 0 aliphatic carbocycles. The molecule has 2 aliphatic rings. The first kappa shape index (κ1) is 14.3. The lowest BCUT2D eigenvalue weighted by molar-refractivity contribution is -0.0774. The Kier molecular flexibility index (Phi) is 4.04. The summed E-state index contributed by atoms with van der Waals surface area (Å²) in [6.07, 6.45) is 2.44. The third-order valence-corrected chi connectivity index (χ3v) is 6.21. The molecule has 6 heteroatoms. The van der Waals surface area contributed by atoms with E-state index in [2.05, 4.69) is 0 Å². The second-order valence-corrected chi connectivity index (χ2v) is 7.54. The normalized spacial score (nSPS) is 31.6. The summed E-state index contributed by atoms with van der Waals surface area (Å²) in [5.41, 5.74) is 6.03. The van der Waals surface area contributed by atoms with E-state index >= 15 is 0 Å². The summed E-state index contributed by atoms with van der Waals surface area (Å²) in [5, 5.41) is 0.540. The topological polar surface area (TPSA) is 61.6 Å². The van der Waals surface area contributed by atoms with Gasteiger partial charge in [-0.2, -0.15) is 0 Å². The van der Waals surface area contributed by atoms with E-state index in [1.165, 1.54) is 0 Å². The highest BCUT2D eigenvalue weighted by molar-refractivity contribution is 7.85. The van der Waals surface area contributed by atoms with Gasteiger partial charge >= 0.3 is 0 Å². The average Bonchev–Trinajstić information content (AvgIpc) is 2.86. The average molecular weight is 316 g/mol. The molecule has 0 amide bonds. The third-order valence-electron chi connectivity index (χ3n) is 3.99. The summed E-state index contributed by atoms with van der Waals surface area (Å²) in [6, 6.07) is 5.16. The maximum Gasteiger partial charge on any atom is 0.0948 e. The molecule has 1 aromatic rings. The number of nitrogen functional groups attached to an aromatic ring is 1. The molecule has 1 aromatic carbocycles. The Balaban J connectivity index is 1.79. The van der Waals surface area contributed by atoms with Gasteiger partial charge in [0.1, 0.15) is 0 Å². The Hall–Kier alpha value is -0.620. The van der Waals surface area contributed by atoms with Crippen LogP contribution in [0.15, 0.2) is 23.1 Å². The molecule has 20 heavy (non-hydrogen) atoms. The Morgan fingerprint density at radius 2 is 2.25 bits per heavy atom. The van der Waals surface area contributed by atoms with Crippen molar-refractivity contribution in [2.45, 2.75) is 35.0 Å². The van der Waals surface area contributed by atoms with Gasteiger partial charge in [-0.3, -0.25) is 4.21 Å². The molecule has 4 nitrogen and oxygen atoms in total. The summed E-state index contributed by atoms with van der Waals surface area (Å²) >= 11 is 6.17. The second kappa shape index (κ2) is 5.64. The van der Waals surface area contributed by atoms with Crippen molar-refractivity contribution in [2.75, 3.05) is 25.6 Å². The van der Waals surface area contributed by atoms with Crippen LogP contribution >= 0.6 is 11.6 Å². The van der Waals surface area contributed by atoms with Crippen LogP contribution in [0, 0.1) is 0 Å². The van der Waals surface area contributed by atoms with Crippen molar-refractivity contribution in [2.24, 2.45) is 0 Å². The first-order valence-electron chi connectivity index (χ1n) is 6.77.